The minimum Gasteiger partial charge on any atom is -0.290 e. The highest BCUT2D eigenvalue weighted by molar-refractivity contribution is 7.99. The van der Waals surface area contributed by atoms with E-state index < -0.39 is 0 Å². The first-order valence-electron chi connectivity index (χ1n) is 5.31. The Balaban J connectivity index is 2.37. The van der Waals surface area contributed by atoms with Crippen LogP contribution in [0.3, 0.4) is 0 Å². The Morgan fingerprint density at radius 1 is 1.56 bits per heavy atom. The second-order valence-electron chi connectivity index (χ2n) is 3.60. The first kappa shape index (κ1) is 11.7. The highest BCUT2D eigenvalue weighted by atomic mass is 32.2. The molecule has 0 atom stereocenters. The van der Waals surface area contributed by atoms with Crippen molar-refractivity contribution in [2.75, 3.05) is 5.75 Å². The third-order valence-electron chi connectivity index (χ3n) is 2.39. The molecule has 16 heavy (non-hydrogen) atoms. The van der Waals surface area contributed by atoms with Crippen LogP contribution < -0.4 is 5.56 Å². The fraction of sp³-hybridized carbons (Fsp3) is 0.455. The topological polar surface area (TPSA) is 34.9 Å². The first-order chi connectivity index (χ1) is 7.74. The van der Waals surface area contributed by atoms with E-state index in [0.29, 0.717) is 0 Å². The van der Waals surface area contributed by atoms with Crippen LogP contribution in [-0.2, 0) is 7.05 Å². The molecule has 0 aliphatic carbocycles. The minimum atomic E-state index is 0.0604. The average molecular weight is 254 g/mol. The van der Waals surface area contributed by atoms with Gasteiger partial charge in [-0.2, -0.15) is 0 Å². The summed E-state index contributed by atoms with van der Waals surface area (Å²) in [6.45, 7) is 2.16. The molecule has 5 heteroatoms. The van der Waals surface area contributed by atoms with Gasteiger partial charge in [0.2, 0.25) is 0 Å². The standard InChI is InChI=1S/C11H14N2OS2/c1-3-4-6-16-11-12-9-8(5-7-15-9)10(14)13(11)2/h5,7H,3-4,6H2,1-2H3. The Morgan fingerprint density at radius 3 is 3.12 bits per heavy atom. The fourth-order valence-corrected chi connectivity index (χ4v) is 3.28. The van der Waals surface area contributed by atoms with E-state index in [0.717, 1.165) is 27.5 Å². The van der Waals surface area contributed by atoms with E-state index in [4.69, 9.17) is 0 Å². The van der Waals surface area contributed by atoms with Crippen molar-refractivity contribution < 1.29 is 0 Å². The SMILES string of the molecule is CCCCSc1nc2sccc2c(=O)n1C. The van der Waals surface area contributed by atoms with Gasteiger partial charge in [0.05, 0.1) is 5.39 Å². The molecule has 0 aliphatic rings. The summed E-state index contributed by atoms with van der Waals surface area (Å²) in [6, 6.07) is 1.84. The van der Waals surface area contributed by atoms with Crippen molar-refractivity contribution in [1.29, 1.82) is 0 Å². The Labute approximate surface area is 103 Å². The molecule has 0 amide bonds. The molecular formula is C11H14N2OS2. The zero-order valence-corrected chi connectivity index (χ0v) is 11.0. The summed E-state index contributed by atoms with van der Waals surface area (Å²) in [7, 11) is 1.79. The molecule has 0 aliphatic heterocycles. The van der Waals surface area contributed by atoms with E-state index in [1.54, 1.807) is 23.4 Å². The summed E-state index contributed by atoms with van der Waals surface area (Å²) in [5.41, 5.74) is 0.0604. The number of hydrogen-bond donors (Lipinski definition) is 0. The smallest absolute Gasteiger partial charge is 0.262 e. The number of rotatable bonds is 4. The second-order valence-corrected chi connectivity index (χ2v) is 5.56. The number of unbranched alkanes of at least 4 members (excludes halogenated alkanes) is 1. The summed E-state index contributed by atoms with van der Waals surface area (Å²) in [5.74, 6) is 1.02. The third kappa shape index (κ3) is 2.15. The zero-order valence-electron chi connectivity index (χ0n) is 9.40. The van der Waals surface area contributed by atoms with E-state index in [1.807, 2.05) is 11.4 Å². The lowest BCUT2D eigenvalue weighted by Crippen LogP contribution is -2.19. The number of nitrogens with zero attached hydrogens (tertiary/aromatic N) is 2. The van der Waals surface area contributed by atoms with E-state index in [-0.39, 0.29) is 5.56 Å². The monoisotopic (exact) mass is 254 g/mol. The number of aromatic nitrogens is 2. The highest BCUT2D eigenvalue weighted by Crippen LogP contribution is 2.20. The molecule has 0 aromatic carbocycles. The van der Waals surface area contributed by atoms with Crippen molar-refractivity contribution in [3.63, 3.8) is 0 Å². The fourth-order valence-electron chi connectivity index (χ4n) is 1.42. The molecule has 0 unspecified atom stereocenters. The molecule has 2 aromatic heterocycles. The Bertz CT molecular complexity index is 544. The predicted octanol–water partition coefficient (Wildman–Crippen LogP) is 2.89. The van der Waals surface area contributed by atoms with Gasteiger partial charge in [0.25, 0.3) is 5.56 Å². The number of hydrogen-bond acceptors (Lipinski definition) is 4. The number of thiophene rings is 1. The van der Waals surface area contributed by atoms with Gasteiger partial charge in [-0.1, -0.05) is 25.1 Å². The van der Waals surface area contributed by atoms with Crippen molar-refractivity contribution in [2.45, 2.75) is 24.9 Å². The van der Waals surface area contributed by atoms with E-state index in [9.17, 15) is 4.79 Å². The molecular weight excluding hydrogens is 240 g/mol. The van der Waals surface area contributed by atoms with Crippen LogP contribution in [0.2, 0.25) is 0 Å². The van der Waals surface area contributed by atoms with Gasteiger partial charge in [-0.15, -0.1) is 11.3 Å². The van der Waals surface area contributed by atoms with Crippen molar-refractivity contribution in [3.8, 4) is 0 Å². The van der Waals surface area contributed by atoms with Gasteiger partial charge in [-0.25, -0.2) is 4.98 Å². The van der Waals surface area contributed by atoms with Crippen LogP contribution >= 0.6 is 23.1 Å². The van der Waals surface area contributed by atoms with Gasteiger partial charge in [-0.3, -0.25) is 9.36 Å². The van der Waals surface area contributed by atoms with Crippen LogP contribution in [0.4, 0.5) is 0 Å². The van der Waals surface area contributed by atoms with Crippen molar-refractivity contribution in [2.24, 2.45) is 7.05 Å². The molecule has 2 aromatic rings. The van der Waals surface area contributed by atoms with Crippen LogP contribution in [0.5, 0.6) is 0 Å². The Hall–Kier alpha value is -0.810. The molecule has 0 spiro atoms. The van der Waals surface area contributed by atoms with Gasteiger partial charge >= 0.3 is 0 Å². The molecule has 0 saturated carbocycles. The van der Waals surface area contributed by atoms with Crippen LogP contribution in [-0.4, -0.2) is 15.3 Å². The quantitative estimate of drug-likeness (QED) is 0.478. The van der Waals surface area contributed by atoms with Gasteiger partial charge in [0.15, 0.2) is 5.16 Å². The molecule has 2 heterocycles. The average Bonchev–Trinajstić information content (AvgIpc) is 2.73. The largest absolute Gasteiger partial charge is 0.290 e. The van der Waals surface area contributed by atoms with E-state index in [1.165, 1.54) is 17.8 Å². The number of fused-ring (bicyclic) bond motifs is 1. The Morgan fingerprint density at radius 2 is 2.38 bits per heavy atom. The molecule has 0 bridgehead atoms. The van der Waals surface area contributed by atoms with Crippen molar-refractivity contribution >= 4 is 33.3 Å². The lowest BCUT2D eigenvalue weighted by atomic mass is 10.4. The minimum absolute atomic E-state index is 0.0604. The van der Waals surface area contributed by atoms with Crippen LogP contribution in [0.1, 0.15) is 19.8 Å². The summed E-state index contributed by atoms with van der Waals surface area (Å²) in [6.07, 6.45) is 2.32. The van der Waals surface area contributed by atoms with Gasteiger partial charge in [-0.05, 0) is 17.9 Å². The number of thioether (sulfide) groups is 1. The van der Waals surface area contributed by atoms with Crippen LogP contribution in [0.15, 0.2) is 21.4 Å². The molecule has 0 fully saturated rings. The normalized spacial score (nSPS) is 11.1. The van der Waals surface area contributed by atoms with E-state index >= 15 is 0 Å². The molecule has 86 valence electrons. The summed E-state index contributed by atoms with van der Waals surface area (Å²) in [5, 5.41) is 3.47. The second kappa shape index (κ2) is 5.01. The maximum Gasteiger partial charge on any atom is 0.262 e. The predicted molar refractivity (Wildman–Crippen MR) is 70.5 cm³/mol. The van der Waals surface area contributed by atoms with Crippen LogP contribution in [0.25, 0.3) is 10.2 Å². The van der Waals surface area contributed by atoms with Crippen LogP contribution in [0, 0.1) is 0 Å². The Kier molecular flexibility index (Phi) is 3.66. The first-order valence-corrected chi connectivity index (χ1v) is 7.17. The van der Waals surface area contributed by atoms with Gasteiger partial charge in [0, 0.05) is 12.8 Å². The highest BCUT2D eigenvalue weighted by Gasteiger charge is 2.08. The molecule has 0 saturated heterocycles. The van der Waals surface area contributed by atoms with Crippen molar-refractivity contribution in [3.05, 3.63) is 21.8 Å². The third-order valence-corrected chi connectivity index (χ3v) is 4.32. The molecule has 3 nitrogen and oxygen atoms in total. The van der Waals surface area contributed by atoms with E-state index in [2.05, 4.69) is 11.9 Å². The zero-order chi connectivity index (χ0) is 11.5. The summed E-state index contributed by atoms with van der Waals surface area (Å²) in [4.78, 5) is 17.3. The molecule has 0 radical (unpaired) electrons. The maximum atomic E-state index is 12.0. The maximum absolute atomic E-state index is 12.0. The summed E-state index contributed by atoms with van der Waals surface area (Å²) < 4.78 is 1.65. The van der Waals surface area contributed by atoms with Crippen molar-refractivity contribution in [1.82, 2.24) is 9.55 Å². The summed E-state index contributed by atoms with van der Waals surface area (Å²) >= 11 is 3.19. The van der Waals surface area contributed by atoms with Gasteiger partial charge < -0.3 is 0 Å². The molecule has 0 N–H and O–H groups in total. The molecule has 2 rings (SSSR count). The lowest BCUT2D eigenvalue weighted by Gasteiger charge is -2.05. The van der Waals surface area contributed by atoms with Gasteiger partial charge in [0.1, 0.15) is 4.83 Å². The lowest BCUT2D eigenvalue weighted by molar-refractivity contribution is 0.726.